The molecule has 2 N–H and O–H groups in total. The number of non-ortho nitro benzene ring substituents is 1. The first-order chi connectivity index (χ1) is 9.47. The third-order valence-corrected chi connectivity index (χ3v) is 3.90. The summed E-state index contributed by atoms with van der Waals surface area (Å²) in [7, 11) is 0. The molecule has 0 spiro atoms. The van der Waals surface area contributed by atoms with Crippen LogP contribution in [0.15, 0.2) is 18.2 Å². The molecule has 0 aliphatic rings. The second-order valence-electron chi connectivity index (χ2n) is 3.95. The van der Waals surface area contributed by atoms with Gasteiger partial charge in [-0.25, -0.2) is 9.78 Å². The predicted molar refractivity (Wildman–Crippen MR) is 75.9 cm³/mol. The second kappa shape index (κ2) is 4.32. The Balaban J connectivity index is 2.54. The van der Waals surface area contributed by atoms with E-state index in [0.717, 1.165) is 11.3 Å². The monoisotopic (exact) mass is 307 g/mol. The number of aromatic carboxylic acids is 1. The normalized spacial score (nSPS) is 11.0. The highest BCUT2D eigenvalue weighted by Gasteiger charge is 2.19. The molecule has 0 unspecified atom stereocenters. The molecule has 0 atom stereocenters. The van der Waals surface area contributed by atoms with Gasteiger partial charge >= 0.3 is 5.97 Å². The molecule has 0 fully saturated rings. The van der Waals surface area contributed by atoms with Gasteiger partial charge in [0.05, 0.1) is 21.5 Å². The van der Waals surface area contributed by atoms with Crippen LogP contribution in [0.5, 0.6) is 0 Å². The number of rotatable bonds is 2. The number of nitro groups is 1. The molecule has 100 valence electrons. The summed E-state index contributed by atoms with van der Waals surface area (Å²) in [6, 6.07) is 3.93. The van der Waals surface area contributed by atoms with Gasteiger partial charge in [0.15, 0.2) is 3.95 Å². The van der Waals surface area contributed by atoms with E-state index in [9.17, 15) is 20.0 Å². The van der Waals surface area contributed by atoms with Crippen LogP contribution in [0.2, 0.25) is 0 Å². The number of thiazole rings is 1. The van der Waals surface area contributed by atoms with Crippen LogP contribution < -0.4 is 0 Å². The molecule has 20 heavy (non-hydrogen) atoms. The number of pyridine rings is 1. The fraction of sp³-hybridized carbons (Fsp3) is 0. The zero-order chi connectivity index (χ0) is 14.4. The van der Waals surface area contributed by atoms with Crippen LogP contribution in [-0.2, 0) is 0 Å². The van der Waals surface area contributed by atoms with E-state index in [2.05, 4.69) is 9.97 Å². The first-order valence-corrected chi connectivity index (χ1v) is 6.54. The summed E-state index contributed by atoms with van der Waals surface area (Å²) < 4.78 is 0.403. The van der Waals surface area contributed by atoms with Gasteiger partial charge in [-0.2, -0.15) is 0 Å². The summed E-state index contributed by atoms with van der Waals surface area (Å²) in [5, 5.41) is 20.4. The van der Waals surface area contributed by atoms with Crippen LogP contribution in [0.1, 0.15) is 10.4 Å². The molecule has 1 aromatic carbocycles. The average molecular weight is 307 g/mol. The smallest absolute Gasteiger partial charge is 0.338 e. The first-order valence-electron chi connectivity index (χ1n) is 5.31. The van der Waals surface area contributed by atoms with Crippen molar-refractivity contribution in [2.24, 2.45) is 0 Å². The lowest BCUT2D eigenvalue weighted by molar-refractivity contribution is -0.384. The highest BCUT2D eigenvalue weighted by Crippen LogP contribution is 2.30. The van der Waals surface area contributed by atoms with Crippen molar-refractivity contribution in [3.63, 3.8) is 0 Å². The summed E-state index contributed by atoms with van der Waals surface area (Å²) >= 11 is 6.15. The zero-order valence-corrected chi connectivity index (χ0v) is 11.2. The minimum absolute atomic E-state index is 0.0546. The Morgan fingerprint density at radius 2 is 2.25 bits per heavy atom. The summed E-state index contributed by atoms with van der Waals surface area (Å²) in [5.74, 6) is -1.19. The third-order valence-electron chi connectivity index (χ3n) is 2.78. The molecule has 3 aromatic rings. The van der Waals surface area contributed by atoms with Crippen molar-refractivity contribution >= 4 is 56.5 Å². The van der Waals surface area contributed by atoms with E-state index in [-0.39, 0.29) is 16.6 Å². The maximum Gasteiger partial charge on any atom is 0.338 e. The number of fused-ring (bicyclic) bond motifs is 2. The van der Waals surface area contributed by atoms with Gasteiger partial charge < -0.3 is 10.1 Å². The summed E-state index contributed by atoms with van der Waals surface area (Å²) in [6.07, 6.45) is 0. The van der Waals surface area contributed by atoms with Gasteiger partial charge in [-0.15, -0.1) is 0 Å². The van der Waals surface area contributed by atoms with Crippen molar-refractivity contribution in [2.45, 2.75) is 0 Å². The number of hydrogen-bond donors (Lipinski definition) is 2. The highest BCUT2D eigenvalue weighted by atomic mass is 32.1. The van der Waals surface area contributed by atoms with E-state index in [4.69, 9.17) is 12.2 Å². The highest BCUT2D eigenvalue weighted by molar-refractivity contribution is 7.73. The minimum atomic E-state index is -1.19. The lowest BCUT2D eigenvalue weighted by atomic mass is 10.1. The van der Waals surface area contributed by atoms with Crippen molar-refractivity contribution < 1.29 is 14.8 Å². The van der Waals surface area contributed by atoms with E-state index in [1.807, 2.05) is 0 Å². The summed E-state index contributed by atoms with van der Waals surface area (Å²) in [5.41, 5.74) is 0.433. The fourth-order valence-electron chi connectivity index (χ4n) is 1.97. The topological polar surface area (TPSA) is 109 Å². The Hall–Kier alpha value is -2.39. The first kappa shape index (κ1) is 12.6. The van der Waals surface area contributed by atoms with Gasteiger partial charge in [0.1, 0.15) is 4.83 Å². The third kappa shape index (κ3) is 1.84. The van der Waals surface area contributed by atoms with E-state index in [1.165, 1.54) is 18.2 Å². The maximum absolute atomic E-state index is 11.5. The van der Waals surface area contributed by atoms with Gasteiger partial charge in [0.25, 0.3) is 5.69 Å². The average Bonchev–Trinajstić information content (AvgIpc) is 2.73. The van der Waals surface area contributed by atoms with E-state index in [0.29, 0.717) is 19.8 Å². The number of aromatic amines is 1. The Kier molecular flexibility index (Phi) is 2.73. The minimum Gasteiger partial charge on any atom is -0.478 e. The Labute approximate surface area is 119 Å². The van der Waals surface area contributed by atoms with E-state index in [1.54, 1.807) is 0 Å². The molecule has 9 heteroatoms. The lowest BCUT2D eigenvalue weighted by Crippen LogP contribution is -2.01. The van der Waals surface area contributed by atoms with Gasteiger partial charge in [0.2, 0.25) is 0 Å². The van der Waals surface area contributed by atoms with Crippen LogP contribution in [0.4, 0.5) is 5.69 Å². The standard InChI is InChI=1S/C11H5N3O4S2/c15-10(16)7-5-3-4(14(17)18)1-2-6(5)12-9-8(7)13-11(19)20-9/h1-3H,(H,13,19)(H,15,16). The van der Waals surface area contributed by atoms with Crippen molar-refractivity contribution in [1.29, 1.82) is 0 Å². The fourth-order valence-corrected chi connectivity index (χ4v) is 3.04. The Bertz CT molecular complexity index is 944. The number of H-pyrrole nitrogens is 1. The van der Waals surface area contributed by atoms with Crippen LogP contribution in [0.25, 0.3) is 21.3 Å². The summed E-state index contributed by atoms with van der Waals surface area (Å²) in [4.78, 5) is 29.2. The van der Waals surface area contributed by atoms with E-state index >= 15 is 0 Å². The number of nitro benzene ring substituents is 1. The molecule has 3 rings (SSSR count). The van der Waals surface area contributed by atoms with Crippen LogP contribution in [0, 0.1) is 14.1 Å². The van der Waals surface area contributed by atoms with Crippen molar-refractivity contribution in [3.05, 3.63) is 37.8 Å². The maximum atomic E-state index is 11.5. The molecule has 0 saturated heterocycles. The molecule has 2 heterocycles. The number of benzene rings is 1. The molecule has 0 aliphatic carbocycles. The quantitative estimate of drug-likeness (QED) is 0.427. The summed E-state index contributed by atoms with van der Waals surface area (Å²) in [6.45, 7) is 0. The molecule has 7 nitrogen and oxygen atoms in total. The molecule has 0 amide bonds. The number of carboxylic acids is 1. The van der Waals surface area contributed by atoms with Crippen molar-refractivity contribution in [1.82, 2.24) is 9.97 Å². The van der Waals surface area contributed by atoms with Crippen LogP contribution >= 0.6 is 23.6 Å². The molecular weight excluding hydrogens is 302 g/mol. The SMILES string of the molecule is O=C(O)c1c2cc([N+](=O)[O-])ccc2nc2sc(=S)[nH]c12. The van der Waals surface area contributed by atoms with Gasteiger partial charge in [-0.05, 0) is 18.3 Å². The largest absolute Gasteiger partial charge is 0.478 e. The molecular formula is C11H5N3O4S2. The van der Waals surface area contributed by atoms with Crippen molar-refractivity contribution in [3.8, 4) is 0 Å². The number of carbonyl (C=O) groups is 1. The van der Waals surface area contributed by atoms with Gasteiger partial charge in [0, 0.05) is 17.5 Å². The Morgan fingerprint density at radius 3 is 2.90 bits per heavy atom. The molecule has 0 bridgehead atoms. The van der Waals surface area contributed by atoms with Crippen LogP contribution in [-0.4, -0.2) is 26.0 Å². The number of aromatic nitrogens is 2. The van der Waals surface area contributed by atoms with Crippen LogP contribution in [0.3, 0.4) is 0 Å². The lowest BCUT2D eigenvalue weighted by Gasteiger charge is -2.03. The Morgan fingerprint density at radius 1 is 1.50 bits per heavy atom. The van der Waals surface area contributed by atoms with E-state index < -0.39 is 10.9 Å². The number of nitrogens with zero attached hydrogens (tertiary/aromatic N) is 2. The number of carboxylic acid groups (broad SMARTS) is 1. The van der Waals surface area contributed by atoms with Gasteiger partial charge in [-0.3, -0.25) is 10.1 Å². The molecule has 0 saturated carbocycles. The molecule has 0 aliphatic heterocycles. The second-order valence-corrected chi connectivity index (χ2v) is 5.61. The zero-order valence-electron chi connectivity index (χ0n) is 9.61. The van der Waals surface area contributed by atoms with Gasteiger partial charge in [-0.1, -0.05) is 11.3 Å². The van der Waals surface area contributed by atoms with Crippen molar-refractivity contribution in [2.75, 3.05) is 0 Å². The molecule has 0 radical (unpaired) electrons. The molecule has 2 aromatic heterocycles. The predicted octanol–water partition coefficient (Wildman–Crippen LogP) is 3.11. The number of hydrogen-bond acceptors (Lipinski definition) is 6. The number of nitrogens with one attached hydrogen (secondary N) is 1.